The molecule has 1 aromatic heterocycles. The van der Waals surface area contributed by atoms with Crippen LogP contribution in [0.3, 0.4) is 0 Å². The summed E-state index contributed by atoms with van der Waals surface area (Å²) < 4.78 is 11.4. The number of halogens is 1. The first-order valence-corrected chi connectivity index (χ1v) is 11.0. The van der Waals surface area contributed by atoms with Gasteiger partial charge in [0.1, 0.15) is 13.2 Å². The molecular formula is C23H33IN6O2. The van der Waals surface area contributed by atoms with Crippen LogP contribution in [-0.4, -0.2) is 73.3 Å². The average molecular weight is 552 g/mol. The lowest BCUT2D eigenvalue weighted by Gasteiger charge is -2.37. The highest BCUT2D eigenvalue weighted by molar-refractivity contribution is 14.0. The van der Waals surface area contributed by atoms with E-state index in [4.69, 9.17) is 14.5 Å². The Bertz CT molecular complexity index is 901. The second kappa shape index (κ2) is 11.0. The summed E-state index contributed by atoms with van der Waals surface area (Å²) in [4.78, 5) is 18.3. The van der Waals surface area contributed by atoms with Gasteiger partial charge in [0.2, 0.25) is 5.95 Å². The van der Waals surface area contributed by atoms with E-state index < -0.39 is 0 Å². The first-order valence-electron chi connectivity index (χ1n) is 11.0. The number of aromatic nitrogens is 2. The Balaban J connectivity index is 0.00000289. The first kappa shape index (κ1) is 24.3. The van der Waals surface area contributed by atoms with E-state index in [2.05, 4.69) is 58.0 Å². The fraction of sp³-hybridized carbons (Fsp3) is 0.522. The number of nitrogens with one attached hydrogen (secondary N) is 1. The number of fused-ring (bicyclic) bond motifs is 1. The van der Waals surface area contributed by atoms with E-state index in [0.29, 0.717) is 19.8 Å². The van der Waals surface area contributed by atoms with Crippen LogP contribution in [0.4, 0.5) is 5.95 Å². The van der Waals surface area contributed by atoms with Crippen molar-refractivity contribution in [3.05, 3.63) is 42.2 Å². The Morgan fingerprint density at radius 2 is 1.75 bits per heavy atom. The van der Waals surface area contributed by atoms with Gasteiger partial charge in [-0.25, -0.2) is 9.97 Å². The van der Waals surface area contributed by atoms with Crippen LogP contribution in [0.5, 0.6) is 11.5 Å². The molecule has 1 N–H and O–H groups in total. The molecule has 0 amide bonds. The fourth-order valence-corrected chi connectivity index (χ4v) is 3.83. The third kappa shape index (κ3) is 5.73. The van der Waals surface area contributed by atoms with E-state index in [1.54, 1.807) is 12.4 Å². The Morgan fingerprint density at radius 3 is 2.44 bits per heavy atom. The highest BCUT2D eigenvalue weighted by atomic mass is 127. The van der Waals surface area contributed by atoms with Gasteiger partial charge in [-0.15, -0.1) is 24.0 Å². The molecule has 2 aliphatic heterocycles. The first-order chi connectivity index (χ1) is 15.1. The van der Waals surface area contributed by atoms with Crippen LogP contribution in [0.2, 0.25) is 0 Å². The molecule has 2 aliphatic rings. The maximum atomic E-state index is 5.77. The second-order valence-corrected chi connectivity index (χ2v) is 8.44. The molecule has 3 heterocycles. The number of hydrogen-bond donors (Lipinski definition) is 1. The number of nitrogens with zero attached hydrogens (tertiary/aromatic N) is 5. The predicted octanol–water partition coefficient (Wildman–Crippen LogP) is 2.93. The van der Waals surface area contributed by atoms with E-state index >= 15 is 0 Å². The molecule has 0 unspecified atom stereocenters. The summed E-state index contributed by atoms with van der Waals surface area (Å²) in [5, 5.41) is 3.46. The summed E-state index contributed by atoms with van der Waals surface area (Å²) in [6, 6.07) is 8.06. The largest absolute Gasteiger partial charge is 0.486 e. The van der Waals surface area contributed by atoms with E-state index in [1.165, 1.54) is 5.56 Å². The Hall–Kier alpha value is -2.30. The third-order valence-electron chi connectivity index (χ3n) is 5.70. The van der Waals surface area contributed by atoms with Crippen molar-refractivity contribution in [1.29, 1.82) is 0 Å². The van der Waals surface area contributed by atoms with Crippen molar-refractivity contribution in [3.63, 3.8) is 0 Å². The average Bonchev–Trinajstić information content (AvgIpc) is 2.82. The van der Waals surface area contributed by atoms with Gasteiger partial charge in [0.15, 0.2) is 17.5 Å². The van der Waals surface area contributed by atoms with Crippen LogP contribution in [0.25, 0.3) is 0 Å². The zero-order chi connectivity index (χ0) is 21.7. The van der Waals surface area contributed by atoms with Crippen molar-refractivity contribution in [3.8, 4) is 11.5 Å². The second-order valence-electron chi connectivity index (χ2n) is 8.44. The zero-order valence-corrected chi connectivity index (χ0v) is 21.4. The number of anilines is 1. The molecule has 0 radical (unpaired) electrons. The van der Waals surface area contributed by atoms with Crippen LogP contribution in [0, 0.1) is 0 Å². The number of rotatable bonds is 5. The number of hydrogen-bond acceptors (Lipinski definition) is 6. The standard InChI is InChI=1S/C23H32N6O2.HI/c1-4-24-21(28-10-12-29(13-11-28)22-25-8-5-9-26-22)27-17-23(2,3)18-6-7-19-20(16-18)31-15-14-30-19;/h5-9,16H,4,10-15,17H2,1-3H3,(H,24,27);1H. The fourth-order valence-electron chi connectivity index (χ4n) is 3.83. The monoisotopic (exact) mass is 552 g/mol. The maximum absolute atomic E-state index is 5.77. The summed E-state index contributed by atoms with van der Waals surface area (Å²) >= 11 is 0. The normalized spacial score (nSPS) is 16.4. The molecule has 1 saturated heterocycles. The molecule has 1 fully saturated rings. The van der Waals surface area contributed by atoms with Crippen LogP contribution < -0.4 is 19.7 Å². The van der Waals surface area contributed by atoms with Crippen LogP contribution >= 0.6 is 24.0 Å². The molecule has 0 bridgehead atoms. The lowest BCUT2D eigenvalue weighted by molar-refractivity contribution is 0.171. The van der Waals surface area contributed by atoms with Gasteiger partial charge in [-0.2, -0.15) is 0 Å². The molecule has 174 valence electrons. The predicted molar refractivity (Wildman–Crippen MR) is 138 cm³/mol. The van der Waals surface area contributed by atoms with E-state index in [0.717, 1.165) is 56.1 Å². The quantitative estimate of drug-likeness (QED) is 0.348. The van der Waals surface area contributed by atoms with Crippen molar-refractivity contribution in [2.75, 3.05) is 57.4 Å². The molecule has 4 rings (SSSR count). The Morgan fingerprint density at radius 1 is 1.06 bits per heavy atom. The van der Waals surface area contributed by atoms with Gasteiger partial charge < -0.3 is 24.6 Å². The van der Waals surface area contributed by atoms with Gasteiger partial charge in [0, 0.05) is 50.5 Å². The summed E-state index contributed by atoms with van der Waals surface area (Å²) in [6.07, 6.45) is 3.58. The number of benzene rings is 1. The van der Waals surface area contributed by atoms with E-state index in [-0.39, 0.29) is 29.4 Å². The number of ether oxygens (including phenoxy) is 2. The number of aliphatic imine (C=N–C) groups is 1. The van der Waals surface area contributed by atoms with Gasteiger partial charge >= 0.3 is 0 Å². The molecule has 0 atom stereocenters. The minimum atomic E-state index is -0.129. The third-order valence-corrected chi connectivity index (χ3v) is 5.70. The topological polar surface area (TPSA) is 75.1 Å². The van der Waals surface area contributed by atoms with Crippen molar-refractivity contribution < 1.29 is 9.47 Å². The van der Waals surface area contributed by atoms with Crippen molar-refractivity contribution in [1.82, 2.24) is 20.2 Å². The minimum Gasteiger partial charge on any atom is -0.486 e. The number of piperazine rings is 1. The molecule has 9 heteroatoms. The molecule has 0 aliphatic carbocycles. The number of guanidine groups is 1. The maximum Gasteiger partial charge on any atom is 0.225 e. The Labute approximate surface area is 207 Å². The molecule has 32 heavy (non-hydrogen) atoms. The summed E-state index contributed by atoms with van der Waals surface area (Å²) in [7, 11) is 0. The molecule has 0 saturated carbocycles. The van der Waals surface area contributed by atoms with Gasteiger partial charge in [-0.3, -0.25) is 4.99 Å². The van der Waals surface area contributed by atoms with Crippen LogP contribution in [0.15, 0.2) is 41.7 Å². The smallest absolute Gasteiger partial charge is 0.225 e. The van der Waals surface area contributed by atoms with Gasteiger partial charge in [0.05, 0.1) is 6.54 Å². The van der Waals surface area contributed by atoms with Crippen molar-refractivity contribution in [2.24, 2.45) is 4.99 Å². The molecule has 2 aromatic rings. The minimum absolute atomic E-state index is 0. The van der Waals surface area contributed by atoms with Crippen LogP contribution in [-0.2, 0) is 5.41 Å². The highest BCUT2D eigenvalue weighted by Gasteiger charge is 2.25. The lowest BCUT2D eigenvalue weighted by Crippen LogP contribution is -2.53. The summed E-state index contributed by atoms with van der Waals surface area (Å²) in [6.45, 7) is 12.8. The molecule has 8 nitrogen and oxygen atoms in total. The van der Waals surface area contributed by atoms with Gasteiger partial charge in [0.25, 0.3) is 0 Å². The summed E-state index contributed by atoms with van der Waals surface area (Å²) in [5.74, 6) is 3.40. The van der Waals surface area contributed by atoms with Gasteiger partial charge in [-0.05, 0) is 30.7 Å². The zero-order valence-electron chi connectivity index (χ0n) is 19.1. The Kier molecular flexibility index (Phi) is 8.38. The van der Waals surface area contributed by atoms with Crippen molar-refractivity contribution in [2.45, 2.75) is 26.2 Å². The van der Waals surface area contributed by atoms with E-state index in [9.17, 15) is 0 Å². The van der Waals surface area contributed by atoms with Gasteiger partial charge in [-0.1, -0.05) is 19.9 Å². The van der Waals surface area contributed by atoms with Crippen molar-refractivity contribution >= 4 is 35.9 Å². The van der Waals surface area contributed by atoms with Crippen LogP contribution in [0.1, 0.15) is 26.3 Å². The molecule has 1 aromatic carbocycles. The molecular weight excluding hydrogens is 519 g/mol. The molecule has 0 spiro atoms. The summed E-state index contributed by atoms with van der Waals surface area (Å²) in [5.41, 5.74) is 1.07. The SMILES string of the molecule is CCNC(=NCC(C)(C)c1ccc2c(c1)OCCO2)N1CCN(c2ncccn2)CC1.I. The lowest BCUT2D eigenvalue weighted by atomic mass is 9.84. The van der Waals surface area contributed by atoms with E-state index in [1.807, 2.05) is 12.1 Å². The highest BCUT2D eigenvalue weighted by Crippen LogP contribution is 2.35.